The minimum Gasteiger partial charge on any atom is -0.355 e. The Hall–Kier alpha value is -1.63. The quantitative estimate of drug-likeness (QED) is 0.716. The van der Waals surface area contributed by atoms with Crippen LogP contribution < -0.4 is 11.1 Å². The first-order chi connectivity index (χ1) is 11.0. The number of hydrogen-bond donors (Lipinski definition) is 2. The molecule has 1 saturated heterocycles. The van der Waals surface area contributed by atoms with Crippen molar-refractivity contribution in [1.82, 2.24) is 15.1 Å². The molecule has 0 aromatic carbocycles. The molecular weight excluding hydrogens is 296 g/mol. The molecule has 2 aliphatic rings. The molecule has 3 amide bonds. The molecule has 0 aromatic rings. The lowest BCUT2D eigenvalue weighted by Gasteiger charge is -2.34. The Labute approximate surface area is 137 Å². The van der Waals surface area contributed by atoms with Gasteiger partial charge in [0.05, 0.1) is 0 Å². The summed E-state index contributed by atoms with van der Waals surface area (Å²) in [7, 11) is 0. The topological polar surface area (TPSA) is 95.7 Å². The van der Waals surface area contributed by atoms with Gasteiger partial charge >= 0.3 is 0 Å². The lowest BCUT2D eigenvalue weighted by molar-refractivity contribution is -0.138. The Morgan fingerprint density at radius 3 is 2.35 bits per heavy atom. The van der Waals surface area contributed by atoms with Crippen LogP contribution in [0.5, 0.6) is 0 Å². The van der Waals surface area contributed by atoms with Gasteiger partial charge < -0.3 is 20.9 Å². The summed E-state index contributed by atoms with van der Waals surface area (Å²) in [5.41, 5.74) is 5.70. The van der Waals surface area contributed by atoms with Crippen LogP contribution in [0.3, 0.4) is 0 Å². The Bertz CT molecular complexity index is 447. The molecule has 0 radical (unpaired) electrons. The third-order valence-electron chi connectivity index (χ3n) is 5.01. The van der Waals surface area contributed by atoms with Crippen LogP contribution >= 0.6 is 0 Å². The first-order valence-electron chi connectivity index (χ1n) is 8.54. The minimum absolute atomic E-state index is 0.00853. The highest BCUT2D eigenvalue weighted by Gasteiger charge is 2.31. The van der Waals surface area contributed by atoms with Crippen LogP contribution in [0.2, 0.25) is 0 Å². The van der Waals surface area contributed by atoms with Crippen LogP contribution in [0, 0.1) is 11.8 Å². The van der Waals surface area contributed by atoms with E-state index in [4.69, 9.17) is 5.73 Å². The van der Waals surface area contributed by atoms with Crippen molar-refractivity contribution in [1.29, 1.82) is 0 Å². The van der Waals surface area contributed by atoms with Gasteiger partial charge in [-0.05, 0) is 25.3 Å². The van der Waals surface area contributed by atoms with Crippen LogP contribution in [-0.4, -0.2) is 66.8 Å². The maximum atomic E-state index is 12.2. The molecule has 1 aliphatic heterocycles. The van der Waals surface area contributed by atoms with Crippen molar-refractivity contribution in [3.05, 3.63) is 0 Å². The molecular formula is C16H28N4O3. The SMILES string of the molecule is CC(=O)N1CCN(C(=O)CCNC(=O)[C@@H]2CCC[C@@H]2CN)CC1. The Morgan fingerprint density at radius 1 is 1.09 bits per heavy atom. The fourth-order valence-corrected chi connectivity index (χ4v) is 3.52. The fraction of sp³-hybridized carbons (Fsp3) is 0.812. The number of nitrogens with two attached hydrogens (primary N) is 1. The lowest BCUT2D eigenvalue weighted by Crippen LogP contribution is -2.50. The Balaban J connectivity index is 1.67. The van der Waals surface area contributed by atoms with Crippen LogP contribution in [0.1, 0.15) is 32.6 Å². The number of carbonyl (C=O) groups is 3. The van der Waals surface area contributed by atoms with Gasteiger partial charge in [-0.1, -0.05) is 6.42 Å². The number of piperazine rings is 1. The number of hydrogen-bond acceptors (Lipinski definition) is 4. The zero-order chi connectivity index (χ0) is 16.8. The highest BCUT2D eigenvalue weighted by molar-refractivity contribution is 5.81. The molecule has 0 unspecified atom stereocenters. The first kappa shape index (κ1) is 17.7. The minimum atomic E-state index is 0.00853. The number of nitrogens with zero attached hydrogens (tertiary/aromatic N) is 2. The van der Waals surface area contributed by atoms with Crippen molar-refractivity contribution < 1.29 is 14.4 Å². The van der Waals surface area contributed by atoms with Crippen molar-refractivity contribution in [3.63, 3.8) is 0 Å². The Kier molecular flexibility index (Phi) is 6.38. The molecule has 2 fully saturated rings. The molecule has 1 saturated carbocycles. The van der Waals surface area contributed by atoms with Crippen molar-refractivity contribution in [2.24, 2.45) is 17.6 Å². The van der Waals surface area contributed by atoms with E-state index in [0.29, 0.717) is 45.7 Å². The van der Waals surface area contributed by atoms with Gasteiger partial charge in [-0.25, -0.2) is 0 Å². The second-order valence-electron chi connectivity index (χ2n) is 6.46. The van der Waals surface area contributed by atoms with E-state index in [1.807, 2.05) is 0 Å². The largest absolute Gasteiger partial charge is 0.355 e. The van der Waals surface area contributed by atoms with Crippen LogP contribution in [0.4, 0.5) is 0 Å². The van der Waals surface area contributed by atoms with E-state index < -0.39 is 0 Å². The summed E-state index contributed by atoms with van der Waals surface area (Å²) in [6, 6.07) is 0. The van der Waals surface area contributed by atoms with Gasteiger partial charge in [-0.3, -0.25) is 14.4 Å². The highest BCUT2D eigenvalue weighted by atomic mass is 16.2. The van der Waals surface area contributed by atoms with Gasteiger partial charge in [0.25, 0.3) is 0 Å². The molecule has 2 rings (SSSR count). The third-order valence-corrected chi connectivity index (χ3v) is 5.01. The summed E-state index contributed by atoms with van der Waals surface area (Å²) in [6.45, 7) is 4.80. The summed E-state index contributed by atoms with van der Waals surface area (Å²) in [5, 5.41) is 2.88. The summed E-state index contributed by atoms with van der Waals surface area (Å²) in [6.07, 6.45) is 3.29. The maximum absolute atomic E-state index is 12.2. The second-order valence-corrected chi connectivity index (χ2v) is 6.46. The third kappa shape index (κ3) is 4.67. The van der Waals surface area contributed by atoms with Gasteiger partial charge in [0, 0.05) is 52.0 Å². The predicted octanol–water partition coefficient (Wildman–Crippen LogP) is -0.442. The van der Waals surface area contributed by atoms with Gasteiger partial charge in [-0.2, -0.15) is 0 Å². The number of amides is 3. The monoisotopic (exact) mass is 324 g/mol. The van der Waals surface area contributed by atoms with E-state index in [2.05, 4.69) is 5.32 Å². The van der Waals surface area contributed by atoms with E-state index >= 15 is 0 Å². The van der Waals surface area contributed by atoms with Crippen molar-refractivity contribution in [2.75, 3.05) is 39.3 Å². The standard InChI is InChI=1S/C16H28N4O3/c1-12(21)19-7-9-20(10-8-19)15(22)5-6-18-16(23)14-4-2-3-13(14)11-17/h13-14H,2-11,17H2,1H3,(H,18,23)/t13-,14-/m1/s1. The van der Waals surface area contributed by atoms with E-state index in [1.54, 1.807) is 16.7 Å². The predicted molar refractivity (Wildman–Crippen MR) is 86.3 cm³/mol. The van der Waals surface area contributed by atoms with Crippen molar-refractivity contribution in [3.8, 4) is 0 Å². The molecule has 3 N–H and O–H groups in total. The van der Waals surface area contributed by atoms with Crippen LogP contribution in [0.25, 0.3) is 0 Å². The zero-order valence-electron chi connectivity index (χ0n) is 13.9. The number of nitrogens with one attached hydrogen (secondary N) is 1. The lowest BCUT2D eigenvalue weighted by atomic mass is 9.95. The molecule has 7 nitrogen and oxygen atoms in total. The Morgan fingerprint density at radius 2 is 1.74 bits per heavy atom. The number of rotatable bonds is 5. The van der Waals surface area contributed by atoms with Gasteiger partial charge in [0.1, 0.15) is 0 Å². The molecule has 0 aromatic heterocycles. The molecule has 2 atom stereocenters. The first-order valence-corrected chi connectivity index (χ1v) is 8.54. The summed E-state index contributed by atoms with van der Waals surface area (Å²) < 4.78 is 0. The van der Waals surface area contributed by atoms with Crippen molar-refractivity contribution in [2.45, 2.75) is 32.6 Å². The molecule has 0 spiro atoms. The summed E-state index contributed by atoms with van der Waals surface area (Å²) in [4.78, 5) is 39.1. The zero-order valence-corrected chi connectivity index (χ0v) is 13.9. The van der Waals surface area contributed by atoms with Crippen molar-refractivity contribution >= 4 is 17.7 Å². The fourth-order valence-electron chi connectivity index (χ4n) is 3.52. The van der Waals surface area contributed by atoms with Gasteiger partial charge in [-0.15, -0.1) is 0 Å². The van der Waals surface area contributed by atoms with Gasteiger partial charge in [0.2, 0.25) is 17.7 Å². The van der Waals surface area contributed by atoms with Gasteiger partial charge in [0.15, 0.2) is 0 Å². The average molecular weight is 324 g/mol. The molecule has 0 bridgehead atoms. The highest BCUT2D eigenvalue weighted by Crippen LogP contribution is 2.30. The smallest absolute Gasteiger partial charge is 0.224 e. The van der Waals surface area contributed by atoms with Crippen LogP contribution in [0.15, 0.2) is 0 Å². The molecule has 23 heavy (non-hydrogen) atoms. The molecule has 1 heterocycles. The summed E-state index contributed by atoms with van der Waals surface area (Å²) >= 11 is 0. The average Bonchev–Trinajstić information content (AvgIpc) is 3.03. The van der Waals surface area contributed by atoms with E-state index in [9.17, 15) is 14.4 Å². The van der Waals surface area contributed by atoms with Crippen LogP contribution in [-0.2, 0) is 14.4 Å². The normalized spacial score (nSPS) is 24.6. The van der Waals surface area contributed by atoms with E-state index in [1.165, 1.54) is 0 Å². The maximum Gasteiger partial charge on any atom is 0.224 e. The van der Waals surface area contributed by atoms with E-state index in [-0.39, 0.29) is 29.6 Å². The molecule has 7 heteroatoms. The number of carbonyl (C=O) groups excluding carboxylic acids is 3. The molecule has 130 valence electrons. The second kappa shape index (κ2) is 8.29. The summed E-state index contributed by atoms with van der Waals surface area (Å²) in [5.74, 6) is 0.414. The van der Waals surface area contributed by atoms with E-state index in [0.717, 1.165) is 19.3 Å². The molecule has 1 aliphatic carbocycles.